The van der Waals surface area contributed by atoms with E-state index in [-0.39, 0.29) is 5.97 Å². The topological polar surface area (TPSA) is 60.2 Å². The van der Waals surface area contributed by atoms with Crippen molar-refractivity contribution in [1.29, 1.82) is 0 Å². The van der Waals surface area contributed by atoms with E-state index in [2.05, 4.69) is 37.9 Å². The van der Waals surface area contributed by atoms with Gasteiger partial charge in [-0.25, -0.2) is 4.79 Å². The Bertz CT molecular complexity index is 1050. The Morgan fingerprint density at radius 1 is 1.24 bits per heavy atom. The van der Waals surface area contributed by atoms with Gasteiger partial charge in [-0.2, -0.15) is 5.10 Å². The van der Waals surface area contributed by atoms with Gasteiger partial charge < -0.3 is 4.74 Å². The molecule has 0 N–H and O–H groups in total. The predicted molar refractivity (Wildman–Crippen MR) is 110 cm³/mol. The lowest BCUT2D eigenvalue weighted by Gasteiger charge is -2.28. The third-order valence-corrected chi connectivity index (χ3v) is 5.94. The van der Waals surface area contributed by atoms with E-state index in [1.54, 1.807) is 0 Å². The lowest BCUT2D eigenvalue weighted by Crippen LogP contribution is -2.31. The van der Waals surface area contributed by atoms with Crippen LogP contribution in [0.25, 0.3) is 10.9 Å². The second-order valence-electron chi connectivity index (χ2n) is 8.07. The van der Waals surface area contributed by atoms with Crippen LogP contribution in [0.5, 0.6) is 0 Å². The zero-order valence-electron chi connectivity index (χ0n) is 16.8. The molecular weight excluding hydrogens is 364 g/mol. The minimum absolute atomic E-state index is 0.297. The zero-order chi connectivity index (χ0) is 19.8. The lowest BCUT2D eigenvalue weighted by atomic mass is 10.0. The maximum atomic E-state index is 12.5. The van der Waals surface area contributed by atoms with Crippen LogP contribution in [-0.4, -0.2) is 38.8 Å². The molecule has 1 fully saturated rings. The molecule has 1 aromatic carbocycles. The first-order valence-corrected chi connectivity index (χ1v) is 10.5. The molecule has 0 radical (unpaired) electrons. The molecule has 29 heavy (non-hydrogen) atoms. The summed E-state index contributed by atoms with van der Waals surface area (Å²) in [7, 11) is 0. The van der Waals surface area contributed by atoms with Crippen molar-refractivity contribution >= 4 is 16.9 Å². The second kappa shape index (κ2) is 7.59. The van der Waals surface area contributed by atoms with Crippen LogP contribution in [0.15, 0.2) is 36.5 Å². The molecule has 3 heterocycles. The fourth-order valence-electron chi connectivity index (χ4n) is 4.27. The number of para-hydroxylation sites is 1. The average Bonchev–Trinajstić information content (AvgIpc) is 3.48. The lowest BCUT2D eigenvalue weighted by molar-refractivity contribution is 0.0515. The summed E-state index contributed by atoms with van der Waals surface area (Å²) in [4.78, 5) is 19.4. The van der Waals surface area contributed by atoms with Crippen LogP contribution in [0, 0.1) is 5.92 Å². The van der Waals surface area contributed by atoms with E-state index in [0.717, 1.165) is 49.6 Å². The summed E-state index contributed by atoms with van der Waals surface area (Å²) in [6.07, 6.45) is 5.33. The number of hydrogen-bond donors (Lipinski definition) is 0. The Balaban J connectivity index is 1.43. The fourth-order valence-corrected chi connectivity index (χ4v) is 4.27. The quantitative estimate of drug-likeness (QED) is 0.602. The Morgan fingerprint density at radius 3 is 2.93 bits per heavy atom. The van der Waals surface area contributed by atoms with E-state index in [0.29, 0.717) is 12.3 Å². The summed E-state index contributed by atoms with van der Waals surface area (Å²) in [5, 5.41) is 5.88. The molecule has 150 valence electrons. The minimum Gasteiger partial charge on any atom is -0.461 e. The fraction of sp³-hybridized carbons (Fsp3) is 0.435. The van der Waals surface area contributed by atoms with Crippen molar-refractivity contribution in [3.05, 3.63) is 59.0 Å². The normalized spacial score (nSPS) is 16.7. The minimum atomic E-state index is -0.297. The van der Waals surface area contributed by atoms with Crippen LogP contribution in [-0.2, 0) is 30.8 Å². The Morgan fingerprint density at radius 2 is 2.10 bits per heavy atom. The van der Waals surface area contributed by atoms with Crippen molar-refractivity contribution in [3.8, 4) is 0 Å². The number of carbonyl (C=O) groups excluding carboxylic acids is 1. The summed E-state index contributed by atoms with van der Waals surface area (Å²) in [5.41, 5.74) is 5.06. The van der Waals surface area contributed by atoms with Gasteiger partial charge in [-0.15, -0.1) is 0 Å². The molecule has 1 saturated carbocycles. The first kappa shape index (κ1) is 18.3. The molecule has 2 aliphatic rings. The predicted octanol–water partition coefficient (Wildman–Crippen LogP) is 3.58. The van der Waals surface area contributed by atoms with E-state index >= 15 is 0 Å². The van der Waals surface area contributed by atoms with Gasteiger partial charge in [-0.3, -0.25) is 14.6 Å². The summed E-state index contributed by atoms with van der Waals surface area (Å²) in [5.74, 6) is 0.421. The van der Waals surface area contributed by atoms with E-state index in [4.69, 9.17) is 4.74 Å². The van der Waals surface area contributed by atoms with Gasteiger partial charge in [0.15, 0.2) is 5.69 Å². The molecule has 0 amide bonds. The third-order valence-electron chi connectivity index (χ3n) is 5.94. The Labute approximate surface area is 170 Å². The Hall–Kier alpha value is -2.73. The van der Waals surface area contributed by atoms with Crippen LogP contribution in [0.3, 0.4) is 0 Å². The Kier molecular flexibility index (Phi) is 4.79. The van der Waals surface area contributed by atoms with E-state index in [1.165, 1.54) is 29.5 Å². The average molecular weight is 390 g/mol. The number of hydrogen-bond acceptors (Lipinski definition) is 5. The maximum absolute atomic E-state index is 12.5. The molecule has 1 aliphatic heterocycles. The molecule has 0 saturated heterocycles. The van der Waals surface area contributed by atoms with Crippen molar-refractivity contribution in [2.75, 3.05) is 13.2 Å². The van der Waals surface area contributed by atoms with Gasteiger partial charge in [0, 0.05) is 55.4 Å². The number of pyridine rings is 1. The highest BCUT2D eigenvalue weighted by atomic mass is 16.5. The molecule has 1 aliphatic carbocycles. The summed E-state index contributed by atoms with van der Waals surface area (Å²) < 4.78 is 7.38. The molecule has 2 aromatic heterocycles. The van der Waals surface area contributed by atoms with Crippen molar-refractivity contribution in [2.45, 2.75) is 45.8 Å². The SMILES string of the molecule is CCOC(=O)c1nn(CC2CC2)c2c1CN(Cc1ccnc3ccccc13)CC2. The van der Waals surface area contributed by atoms with Gasteiger partial charge in [0.25, 0.3) is 0 Å². The number of nitrogens with zero attached hydrogens (tertiary/aromatic N) is 4. The summed E-state index contributed by atoms with van der Waals surface area (Å²) >= 11 is 0. The number of aromatic nitrogens is 3. The monoisotopic (exact) mass is 390 g/mol. The molecule has 0 atom stereocenters. The highest BCUT2D eigenvalue weighted by Crippen LogP contribution is 2.33. The van der Waals surface area contributed by atoms with E-state index in [9.17, 15) is 4.79 Å². The highest BCUT2D eigenvalue weighted by Gasteiger charge is 2.31. The largest absolute Gasteiger partial charge is 0.461 e. The first-order valence-electron chi connectivity index (χ1n) is 10.5. The second-order valence-corrected chi connectivity index (χ2v) is 8.07. The van der Waals surface area contributed by atoms with E-state index < -0.39 is 0 Å². The van der Waals surface area contributed by atoms with Gasteiger partial charge in [0.2, 0.25) is 0 Å². The number of ether oxygens (including phenoxy) is 1. The van der Waals surface area contributed by atoms with Crippen molar-refractivity contribution in [3.63, 3.8) is 0 Å². The summed E-state index contributed by atoms with van der Waals surface area (Å²) in [6, 6.07) is 10.4. The third kappa shape index (κ3) is 3.65. The van der Waals surface area contributed by atoms with Crippen LogP contribution in [0.1, 0.15) is 47.1 Å². The first-order chi connectivity index (χ1) is 14.2. The molecule has 3 aromatic rings. The van der Waals surface area contributed by atoms with Gasteiger partial charge in [0.1, 0.15) is 0 Å². The van der Waals surface area contributed by atoms with Crippen LogP contribution >= 0.6 is 0 Å². The molecule has 0 spiro atoms. The standard InChI is InChI=1S/C23H26N4O2/c1-2-29-23(28)22-19-15-26(12-10-21(19)27(25-22)13-16-7-8-16)14-17-9-11-24-20-6-4-3-5-18(17)20/h3-6,9,11,16H,2,7-8,10,12-15H2,1H3. The number of carbonyl (C=O) groups is 1. The zero-order valence-corrected chi connectivity index (χ0v) is 16.8. The van der Waals surface area contributed by atoms with Crippen LogP contribution in [0.4, 0.5) is 0 Å². The molecule has 6 heteroatoms. The van der Waals surface area contributed by atoms with Gasteiger partial charge in [-0.1, -0.05) is 18.2 Å². The van der Waals surface area contributed by atoms with Crippen molar-refractivity contribution in [2.24, 2.45) is 5.92 Å². The smallest absolute Gasteiger partial charge is 0.359 e. The number of rotatable bonds is 6. The number of fused-ring (bicyclic) bond motifs is 2. The van der Waals surface area contributed by atoms with Gasteiger partial charge in [0.05, 0.1) is 12.1 Å². The summed E-state index contributed by atoms with van der Waals surface area (Å²) in [6.45, 7) is 5.66. The molecule has 0 bridgehead atoms. The van der Waals surface area contributed by atoms with Gasteiger partial charge >= 0.3 is 5.97 Å². The van der Waals surface area contributed by atoms with Crippen LogP contribution in [0.2, 0.25) is 0 Å². The molecular formula is C23H26N4O2. The molecule has 5 rings (SSSR count). The van der Waals surface area contributed by atoms with Crippen LogP contribution < -0.4 is 0 Å². The van der Waals surface area contributed by atoms with Crippen molar-refractivity contribution in [1.82, 2.24) is 19.7 Å². The van der Waals surface area contributed by atoms with Gasteiger partial charge in [-0.05, 0) is 43.4 Å². The molecule has 6 nitrogen and oxygen atoms in total. The number of esters is 1. The highest BCUT2D eigenvalue weighted by molar-refractivity contribution is 5.89. The maximum Gasteiger partial charge on any atom is 0.359 e. The van der Waals surface area contributed by atoms with Crippen molar-refractivity contribution < 1.29 is 9.53 Å². The number of benzene rings is 1. The van der Waals surface area contributed by atoms with E-state index in [1.807, 2.05) is 25.3 Å². The molecule has 0 unspecified atom stereocenters.